The van der Waals surface area contributed by atoms with Gasteiger partial charge in [-0.3, -0.25) is 4.79 Å². The van der Waals surface area contributed by atoms with E-state index in [1.807, 2.05) is 6.07 Å². The number of hydrogen-bond donors (Lipinski definition) is 2. The van der Waals surface area contributed by atoms with Gasteiger partial charge in [-0.25, -0.2) is 0 Å². The molecule has 0 bridgehead atoms. The smallest absolute Gasteiger partial charge is 0.224 e. The minimum absolute atomic E-state index is 0.107. The van der Waals surface area contributed by atoms with Crippen LogP contribution >= 0.6 is 0 Å². The monoisotopic (exact) mass is 218 g/mol. The van der Waals surface area contributed by atoms with E-state index < -0.39 is 0 Å². The van der Waals surface area contributed by atoms with Crippen LogP contribution in [0.4, 0.5) is 5.69 Å². The van der Waals surface area contributed by atoms with E-state index in [0.29, 0.717) is 18.9 Å². The third kappa shape index (κ3) is 2.09. The van der Waals surface area contributed by atoms with E-state index in [-0.39, 0.29) is 5.91 Å². The molecule has 1 unspecified atom stereocenters. The van der Waals surface area contributed by atoms with Gasteiger partial charge in [-0.2, -0.15) is 0 Å². The van der Waals surface area contributed by atoms with Gasteiger partial charge >= 0.3 is 0 Å². The predicted octanol–water partition coefficient (Wildman–Crippen LogP) is 2.02. The van der Waals surface area contributed by atoms with Gasteiger partial charge in [-0.1, -0.05) is 19.1 Å². The maximum absolute atomic E-state index is 11.5. The second-order valence-electron chi connectivity index (χ2n) is 4.30. The maximum atomic E-state index is 11.5. The van der Waals surface area contributed by atoms with Gasteiger partial charge in [0.1, 0.15) is 0 Å². The second kappa shape index (κ2) is 4.66. The Balaban J connectivity index is 2.37. The van der Waals surface area contributed by atoms with Crippen LogP contribution in [-0.4, -0.2) is 12.5 Å². The normalized spacial score (nSPS) is 19.1. The number of nitrogens with two attached hydrogens (primary N) is 1. The van der Waals surface area contributed by atoms with E-state index in [9.17, 15) is 4.79 Å². The van der Waals surface area contributed by atoms with Crippen LogP contribution in [0, 0.1) is 0 Å². The molecular formula is C13H18N2O. The summed E-state index contributed by atoms with van der Waals surface area (Å²) in [6.07, 6.45) is 2.47. The zero-order valence-electron chi connectivity index (χ0n) is 9.62. The van der Waals surface area contributed by atoms with Crippen molar-refractivity contribution < 1.29 is 4.79 Å². The molecule has 0 fully saturated rings. The molecule has 1 amide bonds. The molecular weight excluding hydrogens is 200 g/mol. The number of fused-ring (bicyclic) bond motifs is 1. The van der Waals surface area contributed by atoms with E-state index in [0.717, 1.165) is 18.5 Å². The van der Waals surface area contributed by atoms with Gasteiger partial charge in [0, 0.05) is 12.1 Å². The van der Waals surface area contributed by atoms with Crippen molar-refractivity contribution in [2.45, 2.75) is 32.1 Å². The minimum atomic E-state index is 0.107. The molecule has 0 saturated carbocycles. The highest BCUT2D eigenvalue weighted by Gasteiger charge is 2.24. The lowest BCUT2D eigenvalue weighted by atomic mass is 9.87. The number of rotatable bonds is 3. The molecule has 0 spiro atoms. The fourth-order valence-corrected chi connectivity index (χ4v) is 2.28. The third-order valence-electron chi connectivity index (χ3n) is 3.19. The van der Waals surface area contributed by atoms with Gasteiger partial charge in [0.25, 0.3) is 0 Å². The molecule has 0 radical (unpaired) electrons. The molecule has 1 aromatic carbocycles. The third-order valence-corrected chi connectivity index (χ3v) is 3.19. The highest BCUT2D eigenvalue weighted by Crippen LogP contribution is 2.34. The maximum Gasteiger partial charge on any atom is 0.224 e. The Morgan fingerprint density at radius 2 is 2.31 bits per heavy atom. The fourth-order valence-electron chi connectivity index (χ4n) is 2.28. The van der Waals surface area contributed by atoms with Crippen LogP contribution in [0.1, 0.15) is 36.8 Å². The van der Waals surface area contributed by atoms with Crippen molar-refractivity contribution in [3.63, 3.8) is 0 Å². The zero-order valence-corrected chi connectivity index (χ0v) is 9.62. The van der Waals surface area contributed by atoms with Crippen molar-refractivity contribution in [3.8, 4) is 0 Å². The Morgan fingerprint density at radius 3 is 3.00 bits per heavy atom. The fraction of sp³-hybridized carbons (Fsp3) is 0.462. The Kier molecular flexibility index (Phi) is 3.25. The second-order valence-corrected chi connectivity index (χ2v) is 4.30. The van der Waals surface area contributed by atoms with Crippen LogP contribution in [0.2, 0.25) is 0 Å². The van der Waals surface area contributed by atoms with Crippen LogP contribution in [0.3, 0.4) is 0 Å². The molecule has 0 aromatic heterocycles. The van der Waals surface area contributed by atoms with Crippen LogP contribution in [0.25, 0.3) is 0 Å². The highest BCUT2D eigenvalue weighted by molar-refractivity contribution is 5.94. The average Bonchev–Trinajstić information content (AvgIpc) is 2.29. The van der Waals surface area contributed by atoms with Gasteiger partial charge < -0.3 is 11.1 Å². The number of carbonyl (C=O) groups excluding carboxylic acids is 1. The largest absolute Gasteiger partial charge is 0.330 e. The molecule has 0 saturated heterocycles. The number of carbonyl (C=O) groups is 1. The number of anilines is 1. The Bertz CT molecular complexity index is 401. The molecule has 3 nitrogen and oxygen atoms in total. The van der Waals surface area contributed by atoms with Gasteiger partial charge in [0.05, 0.1) is 0 Å². The number of hydrogen-bond acceptors (Lipinski definition) is 2. The Labute approximate surface area is 96.0 Å². The quantitative estimate of drug-likeness (QED) is 0.815. The summed E-state index contributed by atoms with van der Waals surface area (Å²) in [7, 11) is 0. The first-order valence-corrected chi connectivity index (χ1v) is 5.87. The summed E-state index contributed by atoms with van der Waals surface area (Å²) < 4.78 is 0. The van der Waals surface area contributed by atoms with Crippen LogP contribution in [0.5, 0.6) is 0 Å². The van der Waals surface area contributed by atoms with Crippen molar-refractivity contribution in [1.29, 1.82) is 0 Å². The number of benzene rings is 1. The summed E-state index contributed by atoms with van der Waals surface area (Å²) in [6.45, 7) is 2.77. The SMILES string of the molecule is CCc1ccc2c(c1)C(CCN)CC(=O)N2. The molecule has 3 heteroatoms. The number of nitrogens with one attached hydrogen (secondary N) is 1. The van der Waals surface area contributed by atoms with Crippen LogP contribution in [0.15, 0.2) is 18.2 Å². The molecule has 1 aliphatic rings. The van der Waals surface area contributed by atoms with Crippen molar-refractivity contribution >= 4 is 11.6 Å². The van der Waals surface area contributed by atoms with E-state index in [4.69, 9.17) is 5.73 Å². The molecule has 86 valence electrons. The molecule has 1 aliphatic heterocycles. The molecule has 1 heterocycles. The standard InChI is InChI=1S/C13H18N2O/c1-2-9-3-4-12-11(7-9)10(5-6-14)8-13(16)15-12/h3-4,7,10H,2,5-6,8,14H2,1H3,(H,15,16). The summed E-state index contributed by atoms with van der Waals surface area (Å²) in [4.78, 5) is 11.5. The minimum Gasteiger partial charge on any atom is -0.330 e. The first-order chi connectivity index (χ1) is 7.74. The molecule has 1 atom stereocenters. The molecule has 2 rings (SSSR count). The molecule has 16 heavy (non-hydrogen) atoms. The molecule has 0 aliphatic carbocycles. The average molecular weight is 218 g/mol. The van der Waals surface area contributed by atoms with E-state index >= 15 is 0 Å². The Morgan fingerprint density at radius 1 is 1.50 bits per heavy atom. The van der Waals surface area contributed by atoms with E-state index in [1.54, 1.807) is 0 Å². The predicted molar refractivity (Wildman–Crippen MR) is 65.5 cm³/mol. The Hall–Kier alpha value is -1.35. The zero-order chi connectivity index (χ0) is 11.5. The van der Waals surface area contributed by atoms with Crippen molar-refractivity contribution in [1.82, 2.24) is 0 Å². The van der Waals surface area contributed by atoms with E-state index in [2.05, 4.69) is 24.4 Å². The summed E-state index contributed by atoms with van der Waals surface area (Å²) in [6, 6.07) is 6.29. The first kappa shape index (κ1) is 11.1. The number of amides is 1. The van der Waals surface area contributed by atoms with Gasteiger partial charge in [-0.15, -0.1) is 0 Å². The lowest BCUT2D eigenvalue weighted by Gasteiger charge is -2.25. The lowest BCUT2D eigenvalue weighted by Crippen LogP contribution is -2.24. The number of aryl methyl sites for hydroxylation is 1. The van der Waals surface area contributed by atoms with Gasteiger partial charge in [-0.05, 0) is 42.5 Å². The van der Waals surface area contributed by atoms with Crippen LogP contribution < -0.4 is 11.1 Å². The van der Waals surface area contributed by atoms with Crippen molar-refractivity contribution in [2.75, 3.05) is 11.9 Å². The van der Waals surface area contributed by atoms with Crippen LogP contribution in [-0.2, 0) is 11.2 Å². The van der Waals surface area contributed by atoms with Crippen molar-refractivity contribution in [3.05, 3.63) is 29.3 Å². The molecule has 3 N–H and O–H groups in total. The topological polar surface area (TPSA) is 55.1 Å². The lowest BCUT2D eigenvalue weighted by molar-refractivity contribution is -0.116. The summed E-state index contributed by atoms with van der Waals surface area (Å²) in [5.41, 5.74) is 9.14. The highest BCUT2D eigenvalue weighted by atomic mass is 16.1. The van der Waals surface area contributed by atoms with Gasteiger partial charge in [0.2, 0.25) is 5.91 Å². The molecule has 1 aromatic rings. The first-order valence-electron chi connectivity index (χ1n) is 5.87. The van der Waals surface area contributed by atoms with Crippen molar-refractivity contribution in [2.24, 2.45) is 5.73 Å². The summed E-state index contributed by atoms with van der Waals surface area (Å²) >= 11 is 0. The van der Waals surface area contributed by atoms with Gasteiger partial charge in [0.15, 0.2) is 0 Å². The van der Waals surface area contributed by atoms with E-state index in [1.165, 1.54) is 11.1 Å². The summed E-state index contributed by atoms with van der Waals surface area (Å²) in [5.74, 6) is 0.399. The summed E-state index contributed by atoms with van der Waals surface area (Å²) in [5, 5.41) is 2.92.